The fourth-order valence-electron chi connectivity index (χ4n) is 9.80. The first-order valence-electron chi connectivity index (χ1n) is 21.9. The lowest BCUT2D eigenvalue weighted by Gasteiger charge is -2.48. The van der Waals surface area contributed by atoms with Crippen molar-refractivity contribution in [3.05, 3.63) is 80.5 Å². The van der Waals surface area contributed by atoms with Crippen LogP contribution in [0, 0.1) is 5.82 Å². The highest BCUT2D eigenvalue weighted by atomic mass is 35.5. The van der Waals surface area contributed by atoms with Gasteiger partial charge in [-0.15, -0.1) is 0 Å². The number of rotatable bonds is 12. The molecule has 2 aromatic carbocycles. The molecule has 4 amide bonds. The molecule has 1 aliphatic carbocycles. The molecule has 4 aliphatic heterocycles. The average Bonchev–Trinajstić information content (AvgIpc) is 3.58. The summed E-state index contributed by atoms with van der Waals surface area (Å²) in [6, 6.07) is 9.47. The summed E-state index contributed by atoms with van der Waals surface area (Å²) in [6.45, 7) is 5.87. The van der Waals surface area contributed by atoms with Gasteiger partial charge in [-0.25, -0.2) is 9.37 Å². The van der Waals surface area contributed by atoms with Gasteiger partial charge in [0.15, 0.2) is 18.2 Å². The van der Waals surface area contributed by atoms with Crippen LogP contribution in [-0.4, -0.2) is 110 Å². The third-order valence-corrected chi connectivity index (χ3v) is 13.6. The smallest absolute Gasteiger partial charge is 0.293 e. The lowest BCUT2D eigenvalue weighted by atomic mass is 9.80. The van der Waals surface area contributed by atoms with E-state index in [0.29, 0.717) is 78.4 Å². The number of benzene rings is 2. The van der Waals surface area contributed by atoms with E-state index in [2.05, 4.69) is 25.4 Å². The van der Waals surface area contributed by atoms with E-state index in [0.717, 1.165) is 25.7 Å². The van der Waals surface area contributed by atoms with Crippen LogP contribution < -0.4 is 31.6 Å². The summed E-state index contributed by atoms with van der Waals surface area (Å²) in [5.74, 6) is -1.68. The summed E-state index contributed by atoms with van der Waals surface area (Å²) in [5, 5.41) is 18.3. The zero-order valence-electron chi connectivity index (χ0n) is 35.6. The van der Waals surface area contributed by atoms with Crippen molar-refractivity contribution in [2.75, 3.05) is 43.0 Å². The van der Waals surface area contributed by atoms with Crippen LogP contribution in [0.25, 0.3) is 10.9 Å². The number of carbonyl (C=O) groups excluding carboxylic acids is 4. The van der Waals surface area contributed by atoms with Crippen LogP contribution in [0.4, 0.5) is 21.8 Å². The summed E-state index contributed by atoms with van der Waals surface area (Å²) in [4.78, 5) is 76.9. The number of likely N-dealkylation sites (tertiary alicyclic amines) is 1. The summed E-state index contributed by atoms with van der Waals surface area (Å²) >= 11 is 6.57. The lowest BCUT2D eigenvalue weighted by molar-refractivity contribution is -0.137. The molecule has 2 aromatic heterocycles. The maximum absolute atomic E-state index is 16.1. The van der Waals surface area contributed by atoms with E-state index in [1.807, 2.05) is 32.0 Å². The number of hydrogen-bond donors (Lipinski definition) is 4. The molecule has 0 bridgehead atoms. The molecular formula is C45H51ClFN9O8. The Kier molecular flexibility index (Phi) is 11.8. The number of nitrogens with zero attached hydrogens (tertiary/aromatic N) is 6. The second-order valence-corrected chi connectivity index (χ2v) is 18.2. The topological polar surface area (TPSA) is 215 Å². The molecule has 1 saturated carbocycles. The highest BCUT2D eigenvalue weighted by molar-refractivity contribution is 6.33. The Morgan fingerprint density at radius 1 is 1.05 bits per heavy atom. The van der Waals surface area contributed by atoms with Crippen molar-refractivity contribution in [2.24, 2.45) is 5.73 Å². The van der Waals surface area contributed by atoms with Gasteiger partial charge >= 0.3 is 0 Å². The maximum Gasteiger partial charge on any atom is 0.293 e. The van der Waals surface area contributed by atoms with Gasteiger partial charge in [0.05, 0.1) is 36.1 Å². The van der Waals surface area contributed by atoms with E-state index in [-0.39, 0.29) is 71.5 Å². The molecule has 338 valence electrons. The van der Waals surface area contributed by atoms with Crippen LogP contribution in [0.2, 0.25) is 5.02 Å². The summed E-state index contributed by atoms with van der Waals surface area (Å²) in [7, 11) is 0. The minimum absolute atomic E-state index is 0.0256. The van der Waals surface area contributed by atoms with Gasteiger partial charge in [-0.05, 0) is 89.1 Å². The van der Waals surface area contributed by atoms with Crippen LogP contribution >= 0.6 is 11.6 Å². The Morgan fingerprint density at radius 3 is 2.50 bits per heavy atom. The zero-order valence-corrected chi connectivity index (χ0v) is 36.4. The van der Waals surface area contributed by atoms with Crippen molar-refractivity contribution in [3.63, 3.8) is 0 Å². The number of anilines is 3. The molecule has 5 N–H and O–H groups in total. The first-order chi connectivity index (χ1) is 30.6. The number of hydrogen-bond acceptors (Lipinski definition) is 13. The van der Waals surface area contributed by atoms with Crippen LogP contribution in [0.5, 0.6) is 5.75 Å². The number of fused-ring (bicyclic) bond motifs is 2. The van der Waals surface area contributed by atoms with E-state index in [1.54, 1.807) is 22.9 Å². The predicted octanol–water partition coefficient (Wildman–Crippen LogP) is 4.03. The van der Waals surface area contributed by atoms with Crippen LogP contribution in [0.3, 0.4) is 0 Å². The van der Waals surface area contributed by atoms with Crippen LogP contribution in [0.1, 0.15) is 92.7 Å². The number of aromatic nitrogens is 3. The molecule has 0 radical (unpaired) electrons. The lowest BCUT2D eigenvalue weighted by Crippen LogP contribution is -2.54. The van der Waals surface area contributed by atoms with Crippen molar-refractivity contribution < 1.29 is 38.1 Å². The number of ether oxygens (including phenoxy) is 2. The average molecular weight is 900 g/mol. The van der Waals surface area contributed by atoms with Crippen LogP contribution in [0.15, 0.2) is 47.4 Å². The zero-order chi connectivity index (χ0) is 45.0. The van der Waals surface area contributed by atoms with Gasteiger partial charge in [-0.3, -0.25) is 34.2 Å². The summed E-state index contributed by atoms with van der Waals surface area (Å²) in [5.41, 5.74) is 5.44. The van der Waals surface area contributed by atoms with Crippen molar-refractivity contribution in [2.45, 2.75) is 108 Å². The minimum Gasteiger partial charge on any atom is -0.478 e. The fraction of sp³-hybridized carbons (Fsp3) is 0.489. The number of imide groups is 1. The third kappa shape index (κ3) is 8.39. The number of aliphatic hydroxyl groups is 1. The second-order valence-electron chi connectivity index (χ2n) is 17.8. The third-order valence-electron chi connectivity index (χ3n) is 13.4. The van der Waals surface area contributed by atoms with Gasteiger partial charge in [0.25, 0.3) is 17.4 Å². The maximum atomic E-state index is 16.1. The molecule has 19 heteroatoms. The molecule has 17 nitrogen and oxygen atoms in total. The fourth-order valence-corrected chi connectivity index (χ4v) is 9.94. The first kappa shape index (κ1) is 43.6. The van der Waals surface area contributed by atoms with Gasteiger partial charge in [0.1, 0.15) is 16.9 Å². The Morgan fingerprint density at radius 2 is 1.80 bits per heavy atom. The molecule has 1 unspecified atom stereocenters. The molecule has 3 saturated heterocycles. The van der Waals surface area contributed by atoms with E-state index < -0.39 is 41.8 Å². The summed E-state index contributed by atoms with van der Waals surface area (Å²) in [6.07, 6.45) is 6.16. The largest absolute Gasteiger partial charge is 0.478 e. The molecule has 9 rings (SSSR count). The van der Waals surface area contributed by atoms with E-state index in [4.69, 9.17) is 31.8 Å². The van der Waals surface area contributed by atoms with Gasteiger partial charge in [0.2, 0.25) is 17.8 Å². The van der Waals surface area contributed by atoms with E-state index >= 15 is 4.39 Å². The van der Waals surface area contributed by atoms with Crippen molar-refractivity contribution in [3.8, 4) is 5.75 Å². The Hall–Kier alpha value is -5.69. The normalized spacial score (nSPS) is 22.7. The van der Waals surface area contributed by atoms with Gasteiger partial charge < -0.3 is 40.0 Å². The van der Waals surface area contributed by atoms with E-state index in [9.17, 15) is 29.1 Å². The molecule has 5 aliphatic rings. The number of amides is 4. The van der Waals surface area contributed by atoms with Crippen molar-refractivity contribution in [1.29, 1.82) is 0 Å². The predicted molar refractivity (Wildman–Crippen MR) is 234 cm³/mol. The Labute approximate surface area is 373 Å². The Balaban J connectivity index is 0.755. The van der Waals surface area contributed by atoms with Gasteiger partial charge in [-0.2, -0.15) is 4.98 Å². The Bertz CT molecular complexity index is 2590. The van der Waals surface area contributed by atoms with Crippen molar-refractivity contribution in [1.82, 2.24) is 29.7 Å². The number of pyridine rings is 1. The number of nitrogens with one attached hydrogen (secondary N) is 2. The SMILES string of the molecule is CC(C)n1c(=O)c(OCC(N)=O)cc2cc(Nc3nc(N4CCC(OC5CC(N6CCC(O)(c7ccc8c(c7F)CN(C7CCC(=O)NC7=O)C8=O)CC6)C5)CC4)ncc3Cl)ccc21. The van der Waals surface area contributed by atoms with Gasteiger partial charge in [-0.1, -0.05) is 17.7 Å². The van der Waals surface area contributed by atoms with E-state index in [1.165, 1.54) is 11.0 Å². The summed E-state index contributed by atoms with van der Waals surface area (Å²) < 4.78 is 29.7. The van der Waals surface area contributed by atoms with Crippen molar-refractivity contribution >= 4 is 63.6 Å². The molecule has 6 heterocycles. The van der Waals surface area contributed by atoms with Gasteiger partial charge in [0, 0.05) is 72.4 Å². The first-order valence-corrected chi connectivity index (χ1v) is 22.3. The van der Waals surface area contributed by atoms with Crippen LogP contribution in [-0.2, 0) is 31.3 Å². The molecule has 0 spiro atoms. The molecule has 4 fully saturated rings. The number of nitrogens with two attached hydrogens (primary N) is 1. The molecule has 64 heavy (non-hydrogen) atoms. The molecule has 1 atom stereocenters. The standard InChI is InChI=1S/C45H51ClFN9O8/c1-24(2)56-34-6-3-26(17-25(34)18-36(43(56)61)63-23-37(48)57)50-40-33(46)21-49-44(52-40)54-13-9-28(10-14-54)64-29-19-27(20-29)53-15-11-45(62,12-16-53)32-5-4-30-31(39(32)47)22-55(42(30)60)35-7-8-38(58)51-41(35)59/h3-6,17-18,21,24,27-29,35,62H,7-16,19-20,22-23H2,1-2H3,(H2,48,57)(H,49,50,52)(H,51,58,59). The number of halogens is 2. The minimum atomic E-state index is -1.38. The number of piperidine rings is 3. The number of primary amides is 1. The highest BCUT2D eigenvalue weighted by Crippen LogP contribution is 2.41. The second kappa shape index (κ2) is 17.4. The molecular weight excluding hydrogens is 849 g/mol. The monoisotopic (exact) mass is 899 g/mol. The highest BCUT2D eigenvalue weighted by Gasteiger charge is 2.45. The molecule has 4 aromatic rings. The quantitative estimate of drug-likeness (QED) is 0.148. The number of carbonyl (C=O) groups is 4.